The summed E-state index contributed by atoms with van der Waals surface area (Å²) in [5.74, 6) is -0.784. The fourth-order valence-corrected chi connectivity index (χ4v) is 3.27. The molecule has 0 aliphatic carbocycles. The summed E-state index contributed by atoms with van der Waals surface area (Å²) in [5, 5.41) is 11.2. The molecule has 0 spiro atoms. The van der Waals surface area contributed by atoms with E-state index in [9.17, 15) is 4.79 Å². The molecule has 21 heavy (non-hydrogen) atoms. The summed E-state index contributed by atoms with van der Waals surface area (Å²) in [6, 6.07) is 11.9. The Morgan fingerprint density at radius 1 is 1.24 bits per heavy atom. The standard InChI is InChI=1S/C17H20BrNO2/c1-17(2,10-16(20)21)9-15(19)13-7-8-14(18)12-6-4-3-5-11(12)13/h3-8,15H,9-10,19H2,1-2H3,(H,20,21). The van der Waals surface area contributed by atoms with Gasteiger partial charge in [0.15, 0.2) is 0 Å². The number of aliphatic carboxylic acids is 1. The van der Waals surface area contributed by atoms with Gasteiger partial charge in [0.05, 0.1) is 6.42 Å². The largest absolute Gasteiger partial charge is 0.481 e. The summed E-state index contributed by atoms with van der Waals surface area (Å²) < 4.78 is 1.04. The second-order valence-electron chi connectivity index (χ2n) is 6.23. The van der Waals surface area contributed by atoms with Crippen molar-refractivity contribution < 1.29 is 9.90 Å². The van der Waals surface area contributed by atoms with Crippen molar-refractivity contribution in [2.45, 2.75) is 32.7 Å². The molecule has 3 N–H and O–H groups in total. The second-order valence-corrected chi connectivity index (χ2v) is 7.08. The van der Waals surface area contributed by atoms with Crippen LogP contribution in [0, 0.1) is 5.41 Å². The van der Waals surface area contributed by atoms with Gasteiger partial charge in [-0.2, -0.15) is 0 Å². The van der Waals surface area contributed by atoms with Gasteiger partial charge in [0.25, 0.3) is 0 Å². The molecular formula is C17H20BrNO2. The lowest BCUT2D eigenvalue weighted by molar-refractivity contribution is -0.139. The Bertz CT molecular complexity index is 667. The van der Waals surface area contributed by atoms with Crippen molar-refractivity contribution in [1.29, 1.82) is 0 Å². The summed E-state index contributed by atoms with van der Waals surface area (Å²) in [4.78, 5) is 10.9. The third kappa shape index (κ3) is 3.83. The molecular weight excluding hydrogens is 330 g/mol. The Hall–Kier alpha value is -1.39. The van der Waals surface area contributed by atoms with Crippen LogP contribution in [0.1, 0.15) is 38.3 Å². The molecule has 2 rings (SSSR count). The summed E-state index contributed by atoms with van der Waals surface area (Å²) >= 11 is 3.56. The molecule has 0 saturated carbocycles. The fraction of sp³-hybridized carbons (Fsp3) is 0.353. The van der Waals surface area contributed by atoms with Crippen LogP contribution in [0.15, 0.2) is 40.9 Å². The number of rotatable bonds is 5. The predicted molar refractivity (Wildman–Crippen MR) is 89.2 cm³/mol. The maximum absolute atomic E-state index is 10.9. The van der Waals surface area contributed by atoms with Gasteiger partial charge in [0.2, 0.25) is 0 Å². The lowest BCUT2D eigenvalue weighted by Gasteiger charge is -2.27. The molecule has 2 aromatic rings. The quantitative estimate of drug-likeness (QED) is 0.835. The molecule has 0 aliphatic rings. The van der Waals surface area contributed by atoms with Crippen molar-refractivity contribution in [3.05, 3.63) is 46.4 Å². The van der Waals surface area contributed by atoms with E-state index in [1.165, 1.54) is 0 Å². The Kier molecular flexibility index (Phi) is 4.69. The average Bonchev–Trinajstić information content (AvgIpc) is 2.37. The molecule has 0 bridgehead atoms. The zero-order valence-electron chi connectivity index (χ0n) is 12.3. The molecule has 0 amide bonds. The average molecular weight is 350 g/mol. The number of nitrogens with two attached hydrogens (primary N) is 1. The molecule has 0 aromatic heterocycles. The van der Waals surface area contributed by atoms with Crippen molar-refractivity contribution in [2.24, 2.45) is 11.1 Å². The Morgan fingerprint density at radius 2 is 1.86 bits per heavy atom. The first-order valence-corrected chi connectivity index (χ1v) is 7.74. The van der Waals surface area contributed by atoms with Gasteiger partial charge >= 0.3 is 5.97 Å². The van der Waals surface area contributed by atoms with Crippen molar-refractivity contribution in [3.63, 3.8) is 0 Å². The van der Waals surface area contributed by atoms with Gasteiger partial charge in [-0.3, -0.25) is 4.79 Å². The first kappa shape index (κ1) is 16.0. The summed E-state index contributed by atoms with van der Waals surface area (Å²) in [6.45, 7) is 3.89. The second kappa shape index (κ2) is 6.16. The zero-order valence-corrected chi connectivity index (χ0v) is 13.9. The van der Waals surface area contributed by atoms with Crippen LogP contribution in [0.5, 0.6) is 0 Å². The van der Waals surface area contributed by atoms with Gasteiger partial charge < -0.3 is 10.8 Å². The molecule has 0 heterocycles. The maximum atomic E-state index is 10.9. The van der Waals surface area contributed by atoms with Crippen molar-refractivity contribution in [2.75, 3.05) is 0 Å². The Labute approximate surface area is 133 Å². The normalized spacial score (nSPS) is 13.3. The van der Waals surface area contributed by atoms with E-state index < -0.39 is 5.97 Å². The smallest absolute Gasteiger partial charge is 0.303 e. The van der Waals surface area contributed by atoms with Crippen LogP contribution < -0.4 is 5.73 Å². The molecule has 0 radical (unpaired) electrons. The number of carboxylic acid groups (broad SMARTS) is 1. The van der Waals surface area contributed by atoms with Crippen LogP contribution in [-0.4, -0.2) is 11.1 Å². The van der Waals surface area contributed by atoms with E-state index in [2.05, 4.69) is 28.1 Å². The minimum Gasteiger partial charge on any atom is -0.481 e. The number of hydrogen-bond acceptors (Lipinski definition) is 2. The van der Waals surface area contributed by atoms with Gasteiger partial charge in [-0.15, -0.1) is 0 Å². The van der Waals surface area contributed by atoms with E-state index in [1.807, 2.05) is 38.1 Å². The van der Waals surface area contributed by atoms with Crippen molar-refractivity contribution >= 4 is 32.7 Å². The van der Waals surface area contributed by atoms with Crippen LogP contribution in [0.3, 0.4) is 0 Å². The van der Waals surface area contributed by atoms with Gasteiger partial charge in [-0.25, -0.2) is 0 Å². The highest BCUT2D eigenvalue weighted by atomic mass is 79.9. The Morgan fingerprint density at radius 3 is 2.48 bits per heavy atom. The highest BCUT2D eigenvalue weighted by molar-refractivity contribution is 9.10. The van der Waals surface area contributed by atoms with Gasteiger partial charge in [-0.05, 0) is 34.2 Å². The number of fused-ring (bicyclic) bond motifs is 1. The SMILES string of the molecule is CC(C)(CC(=O)O)CC(N)c1ccc(Br)c2ccccc12. The minimum absolute atomic E-state index is 0.120. The van der Waals surface area contributed by atoms with Crippen molar-refractivity contribution in [3.8, 4) is 0 Å². The van der Waals surface area contributed by atoms with E-state index >= 15 is 0 Å². The van der Waals surface area contributed by atoms with E-state index in [1.54, 1.807) is 0 Å². The highest BCUT2D eigenvalue weighted by Gasteiger charge is 2.26. The molecule has 4 heteroatoms. The van der Waals surface area contributed by atoms with E-state index in [0.717, 1.165) is 20.8 Å². The summed E-state index contributed by atoms with van der Waals surface area (Å²) in [7, 11) is 0. The fourth-order valence-electron chi connectivity index (χ4n) is 2.80. The molecule has 1 atom stereocenters. The van der Waals surface area contributed by atoms with Gasteiger partial charge in [-0.1, -0.05) is 60.1 Å². The van der Waals surface area contributed by atoms with Crippen LogP contribution >= 0.6 is 15.9 Å². The molecule has 0 aliphatic heterocycles. The highest BCUT2D eigenvalue weighted by Crippen LogP contribution is 2.36. The van der Waals surface area contributed by atoms with E-state index in [4.69, 9.17) is 10.8 Å². The molecule has 0 fully saturated rings. The summed E-state index contributed by atoms with van der Waals surface area (Å²) in [5.41, 5.74) is 7.09. The monoisotopic (exact) mass is 349 g/mol. The lowest BCUT2D eigenvalue weighted by Crippen LogP contribution is -2.24. The van der Waals surface area contributed by atoms with Gasteiger partial charge in [0, 0.05) is 10.5 Å². The van der Waals surface area contributed by atoms with Crippen molar-refractivity contribution in [1.82, 2.24) is 0 Å². The number of carboxylic acids is 1. The summed E-state index contributed by atoms with van der Waals surface area (Å²) in [6.07, 6.45) is 0.750. The van der Waals surface area contributed by atoms with Crippen LogP contribution in [0.2, 0.25) is 0 Å². The third-order valence-electron chi connectivity index (χ3n) is 3.71. The predicted octanol–water partition coefficient (Wildman–Crippen LogP) is 4.49. The molecule has 1 unspecified atom stereocenters. The minimum atomic E-state index is -0.784. The molecule has 2 aromatic carbocycles. The number of hydrogen-bond donors (Lipinski definition) is 2. The first-order valence-electron chi connectivity index (χ1n) is 6.95. The topological polar surface area (TPSA) is 63.3 Å². The van der Waals surface area contributed by atoms with Gasteiger partial charge in [0.1, 0.15) is 0 Å². The zero-order chi connectivity index (χ0) is 15.6. The van der Waals surface area contributed by atoms with Crippen LogP contribution in [-0.2, 0) is 4.79 Å². The third-order valence-corrected chi connectivity index (χ3v) is 4.40. The lowest BCUT2D eigenvalue weighted by atomic mass is 9.80. The molecule has 112 valence electrons. The number of benzene rings is 2. The number of halogens is 1. The number of carbonyl (C=O) groups is 1. The van der Waals surface area contributed by atoms with E-state index in [-0.39, 0.29) is 17.9 Å². The van der Waals surface area contributed by atoms with Crippen LogP contribution in [0.4, 0.5) is 0 Å². The molecule has 0 saturated heterocycles. The van der Waals surface area contributed by atoms with Crippen LogP contribution in [0.25, 0.3) is 10.8 Å². The first-order chi connectivity index (χ1) is 9.80. The Balaban J connectivity index is 2.34. The maximum Gasteiger partial charge on any atom is 0.303 e. The van der Waals surface area contributed by atoms with E-state index in [0.29, 0.717) is 6.42 Å². The molecule has 3 nitrogen and oxygen atoms in total.